The highest BCUT2D eigenvalue weighted by Gasteiger charge is 2.43. The Labute approximate surface area is 297 Å². The number of sulfone groups is 1. The molecule has 2 aliphatic rings. The molecule has 1 amide bonds. The lowest BCUT2D eigenvalue weighted by molar-refractivity contribution is -0.155. The number of aliphatic hydroxyl groups excluding tert-OH is 1. The summed E-state index contributed by atoms with van der Waals surface area (Å²) in [5.41, 5.74) is -1.52. The minimum absolute atomic E-state index is 0.0133. The van der Waals surface area contributed by atoms with E-state index in [9.17, 15) is 44.7 Å². The van der Waals surface area contributed by atoms with Gasteiger partial charge in [-0.05, 0) is 81.2 Å². The minimum atomic E-state index is -4.94. The average Bonchev–Trinajstić information content (AvgIpc) is 3.09. The summed E-state index contributed by atoms with van der Waals surface area (Å²) in [5.74, 6) is -1.19. The third kappa shape index (κ3) is 8.43. The highest BCUT2D eigenvalue weighted by Crippen LogP contribution is 2.38. The smallest absolute Gasteiger partial charge is 0.392 e. The topological polar surface area (TPSA) is 103 Å². The number of fused-ring (bicyclic) bond motifs is 1. The van der Waals surface area contributed by atoms with Crippen LogP contribution in [0.3, 0.4) is 0 Å². The van der Waals surface area contributed by atoms with Gasteiger partial charge in [0.15, 0.2) is 15.9 Å². The van der Waals surface area contributed by atoms with E-state index in [0.29, 0.717) is 32.5 Å². The summed E-state index contributed by atoms with van der Waals surface area (Å²) in [6, 6.07) is 12.5. The number of hydrogen-bond acceptors (Lipinski definition) is 7. The third-order valence-corrected chi connectivity index (χ3v) is 10.9. The van der Waals surface area contributed by atoms with E-state index >= 15 is 0 Å². The van der Waals surface area contributed by atoms with E-state index in [1.165, 1.54) is 60.7 Å². The molecule has 2 atom stereocenters. The van der Waals surface area contributed by atoms with Crippen molar-refractivity contribution in [3.63, 3.8) is 0 Å². The number of amides is 1. The van der Waals surface area contributed by atoms with Crippen molar-refractivity contribution >= 4 is 26.6 Å². The van der Waals surface area contributed by atoms with Gasteiger partial charge < -0.3 is 10.4 Å². The van der Waals surface area contributed by atoms with E-state index in [-0.39, 0.29) is 56.3 Å². The van der Waals surface area contributed by atoms with Gasteiger partial charge in [0, 0.05) is 41.9 Å². The second kappa shape index (κ2) is 14.8. The molecule has 1 aromatic heterocycles. The predicted molar refractivity (Wildman–Crippen MR) is 183 cm³/mol. The van der Waals surface area contributed by atoms with Crippen LogP contribution in [0.4, 0.5) is 26.3 Å². The van der Waals surface area contributed by atoms with Gasteiger partial charge in [-0.3, -0.25) is 14.6 Å². The first-order valence-corrected chi connectivity index (χ1v) is 18.8. The van der Waals surface area contributed by atoms with Crippen molar-refractivity contribution in [3.8, 4) is 11.3 Å². The first kappa shape index (κ1) is 37.7. The van der Waals surface area contributed by atoms with Gasteiger partial charge in [-0.1, -0.05) is 42.5 Å². The van der Waals surface area contributed by atoms with Crippen LogP contribution in [0.15, 0.2) is 77.7 Å². The Kier molecular flexibility index (Phi) is 10.7. The lowest BCUT2D eigenvalue weighted by atomic mass is 9.93. The zero-order valence-electron chi connectivity index (χ0n) is 28.2. The molecule has 52 heavy (non-hydrogen) atoms. The molecule has 8 nitrogen and oxygen atoms in total. The van der Waals surface area contributed by atoms with Crippen molar-refractivity contribution in [3.05, 3.63) is 95.1 Å². The fraction of sp³-hybridized carbons (Fsp3) is 0.405. The van der Waals surface area contributed by atoms with Crippen molar-refractivity contribution in [2.24, 2.45) is 0 Å². The monoisotopic (exact) mass is 748 g/mol. The molecule has 3 heterocycles. The van der Waals surface area contributed by atoms with Crippen LogP contribution >= 0.6 is 0 Å². The fourth-order valence-electron chi connectivity index (χ4n) is 7.19. The summed E-state index contributed by atoms with van der Waals surface area (Å²) < 4.78 is 111. The second-order valence-electron chi connectivity index (χ2n) is 13.5. The van der Waals surface area contributed by atoms with Gasteiger partial charge in [0.2, 0.25) is 0 Å². The maximum Gasteiger partial charge on any atom is 0.416 e. The average molecular weight is 749 g/mol. The van der Waals surface area contributed by atoms with E-state index in [0.717, 1.165) is 37.8 Å². The summed E-state index contributed by atoms with van der Waals surface area (Å²) in [6.45, 7) is 2.28. The Bertz CT molecular complexity index is 2030. The van der Waals surface area contributed by atoms with Crippen molar-refractivity contribution < 1.29 is 44.7 Å². The van der Waals surface area contributed by atoms with Crippen LogP contribution in [0.25, 0.3) is 22.2 Å². The maximum absolute atomic E-state index is 14.6. The Morgan fingerprint density at radius 1 is 0.942 bits per heavy atom. The molecule has 2 fully saturated rings. The predicted octanol–water partition coefficient (Wildman–Crippen LogP) is 6.78. The molecule has 3 aromatic carbocycles. The Hall–Kier alpha value is -4.05. The molecule has 0 bridgehead atoms. The summed E-state index contributed by atoms with van der Waals surface area (Å²) in [6.07, 6.45) is -6.19. The van der Waals surface area contributed by atoms with Crippen LogP contribution in [-0.4, -0.2) is 85.0 Å². The van der Waals surface area contributed by atoms with Gasteiger partial charge in [0.25, 0.3) is 5.91 Å². The van der Waals surface area contributed by atoms with Gasteiger partial charge in [-0.2, -0.15) is 26.3 Å². The fourth-order valence-corrected chi connectivity index (χ4v) is 7.84. The number of benzene rings is 3. The first-order valence-electron chi connectivity index (χ1n) is 16.9. The molecule has 15 heteroatoms. The van der Waals surface area contributed by atoms with Crippen molar-refractivity contribution in [1.82, 2.24) is 20.1 Å². The summed E-state index contributed by atoms with van der Waals surface area (Å²) >= 11 is 0. The largest absolute Gasteiger partial charge is 0.416 e. The standard InChI is InChI=1S/C37H38F6N4O4S/c1-52(50,51)28-12-13-31-29(20-28)32(35(49)45-34(37(41,42)43)23-7-3-2-4-8-23)30(33(44-31)24-9-5-10-25(19-24)36(38,39)40)22-46-17-14-26(15-18-46)47-16-6-11-27(48)21-47/h2-5,7-10,12-13,19-20,26-27,34,48H,6,11,14-18,21-22H2,1H3,(H,45,49)/t27-,34?/m0/s1. The second-order valence-corrected chi connectivity index (χ2v) is 15.5. The van der Waals surface area contributed by atoms with E-state index in [1.54, 1.807) is 0 Å². The molecule has 2 saturated heterocycles. The highest BCUT2D eigenvalue weighted by molar-refractivity contribution is 7.90. The van der Waals surface area contributed by atoms with E-state index in [1.807, 2.05) is 4.90 Å². The van der Waals surface area contributed by atoms with Crippen LogP contribution in [-0.2, 0) is 22.6 Å². The minimum Gasteiger partial charge on any atom is -0.392 e. The molecular formula is C37H38F6N4O4S. The van der Waals surface area contributed by atoms with Crippen molar-refractivity contribution in [1.29, 1.82) is 0 Å². The number of aromatic nitrogens is 1. The number of aliphatic hydroxyl groups is 1. The maximum atomic E-state index is 14.6. The number of halogens is 6. The lowest BCUT2D eigenvalue weighted by Crippen LogP contribution is -2.49. The van der Waals surface area contributed by atoms with Gasteiger partial charge in [-0.25, -0.2) is 13.4 Å². The van der Waals surface area contributed by atoms with Crippen molar-refractivity contribution in [2.45, 2.75) is 67.7 Å². The number of rotatable bonds is 8. The van der Waals surface area contributed by atoms with Gasteiger partial charge in [0.1, 0.15) is 0 Å². The molecule has 6 rings (SSSR count). The zero-order chi connectivity index (χ0) is 37.4. The Balaban J connectivity index is 1.51. The quantitative estimate of drug-likeness (QED) is 0.192. The van der Waals surface area contributed by atoms with Gasteiger partial charge >= 0.3 is 12.4 Å². The van der Waals surface area contributed by atoms with E-state index in [4.69, 9.17) is 0 Å². The van der Waals surface area contributed by atoms with Crippen LogP contribution in [0.1, 0.15) is 58.8 Å². The Morgan fingerprint density at radius 3 is 2.29 bits per heavy atom. The lowest BCUT2D eigenvalue weighted by Gasteiger charge is -2.41. The van der Waals surface area contributed by atoms with Crippen LogP contribution in [0.5, 0.6) is 0 Å². The number of β-amino-alcohol motifs (C(OH)–C–C–N with tert-alkyl or cyclic N) is 1. The number of carbonyl (C=O) groups is 1. The number of hydrogen-bond donors (Lipinski definition) is 2. The molecule has 0 aliphatic carbocycles. The Morgan fingerprint density at radius 2 is 1.65 bits per heavy atom. The number of carbonyl (C=O) groups excluding carboxylic acids is 1. The van der Waals surface area contributed by atoms with E-state index in [2.05, 4.69) is 15.2 Å². The number of piperidine rings is 2. The van der Waals surface area contributed by atoms with Crippen molar-refractivity contribution in [2.75, 3.05) is 32.4 Å². The molecule has 0 radical (unpaired) electrons. The molecule has 278 valence electrons. The molecule has 2 aliphatic heterocycles. The number of alkyl halides is 6. The number of pyridine rings is 1. The normalized spacial score (nSPS) is 19.1. The SMILES string of the molecule is CS(=O)(=O)c1ccc2nc(-c3cccc(C(F)(F)F)c3)c(CN3CCC(N4CCC[C@H](O)C4)CC3)c(C(=O)NC(c3ccccc3)C(F)(F)F)c2c1. The zero-order valence-corrected chi connectivity index (χ0v) is 29.0. The molecule has 2 N–H and O–H groups in total. The molecule has 1 unspecified atom stereocenters. The number of nitrogens with zero attached hydrogens (tertiary/aromatic N) is 3. The highest BCUT2D eigenvalue weighted by atomic mass is 32.2. The van der Waals surface area contributed by atoms with Gasteiger partial charge in [-0.15, -0.1) is 0 Å². The molecule has 4 aromatic rings. The van der Waals surface area contributed by atoms with Crippen LogP contribution < -0.4 is 5.32 Å². The molecular weight excluding hydrogens is 710 g/mol. The molecule has 0 saturated carbocycles. The van der Waals surface area contributed by atoms with E-state index < -0.39 is 45.8 Å². The molecule has 0 spiro atoms. The summed E-state index contributed by atoms with van der Waals surface area (Å²) in [4.78, 5) is 23.0. The van der Waals surface area contributed by atoms with Crippen LogP contribution in [0.2, 0.25) is 0 Å². The third-order valence-electron chi connectivity index (χ3n) is 9.79. The first-order chi connectivity index (χ1) is 24.5. The summed E-state index contributed by atoms with van der Waals surface area (Å²) in [7, 11) is -3.87. The number of likely N-dealkylation sites (tertiary alicyclic amines) is 2. The van der Waals surface area contributed by atoms with Gasteiger partial charge in [0.05, 0.1) is 33.3 Å². The van der Waals surface area contributed by atoms with Crippen LogP contribution in [0, 0.1) is 0 Å². The summed E-state index contributed by atoms with van der Waals surface area (Å²) in [5, 5.41) is 12.3. The number of nitrogens with one attached hydrogen (secondary N) is 1.